The summed E-state index contributed by atoms with van der Waals surface area (Å²) in [7, 11) is 0. The Balaban J connectivity index is 1.77. The van der Waals surface area contributed by atoms with E-state index in [0.717, 1.165) is 29.2 Å². The van der Waals surface area contributed by atoms with Gasteiger partial charge in [0.2, 0.25) is 5.91 Å². The number of nitrogens with one attached hydrogen (secondary N) is 1. The van der Waals surface area contributed by atoms with Crippen LogP contribution >= 0.6 is 11.6 Å². The highest BCUT2D eigenvalue weighted by Crippen LogP contribution is 2.25. The molecule has 0 spiro atoms. The van der Waals surface area contributed by atoms with Gasteiger partial charge in [-0.2, -0.15) is 0 Å². The zero-order valence-electron chi connectivity index (χ0n) is 18.5. The molecule has 0 aliphatic rings. The Bertz CT molecular complexity index is 1060. The van der Waals surface area contributed by atoms with E-state index >= 15 is 0 Å². The molecular weight excluding hydrogens is 424 g/mol. The molecule has 3 rings (SSSR count). The summed E-state index contributed by atoms with van der Waals surface area (Å²) in [6.07, 6.45) is 1.87. The fourth-order valence-electron chi connectivity index (χ4n) is 3.47. The third-order valence-corrected chi connectivity index (χ3v) is 5.76. The lowest BCUT2D eigenvalue weighted by molar-refractivity contribution is -0.142. The molecule has 6 heteroatoms. The summed E-state index contributed by atoms with van der Waals surface area (Å²) in [5.74, 6) is 0.161. The molecule has 0 fully saturated rings. The Kier molecular flexibility index (Phi) is 8.51. The molecule has 0 heterocycles. The second-order valence-electron chi connectivity index (χ2n) is 7.70. The highest BCUT2D eigenvalue weighted by Gasteiger charge is 2.27. The van der Waals surface area contributed by atoms with Crippen LogP contribution in [0, 0.1) is 0 Å². The molecule has 0 aliphatic heterocycles. The van der Waals surface area contributed by atoms with Gasteiger partial charge in [-0.3, -0.25) is 9.59 Å². The zero-order valence-corrected chi connectivity index (χ0v) is 19.3. The normalized spacial score (nSPS) is 11.7. The average Bonchev–Trinajstić information content (AvgIpc) is 2.81. The van der Waals surface area contributed by atoms with Gasteiger partial charge in [-0.1, -0.05) is 79.5 Å². The first-order chi connectivity index (χ1) is 15.5. The molecule has 5 nitrogen and oxygen atoms in total. The second-order valence-corrected chi connectivity index (χ2v) is 8.11. The Labute approximate surface area is 194 Å². The van der Waals surface area contributed by atoms with Crippen LogP contribution in [0.2, 0.25) is 5.02 Å². The lowest BCUT2D eigenvalue weighted by Crippen LogP contribution is -2.49. The number of hydrogen-bond acceptors (Lipinski definition) is 3. The molecule has 3 aromatic rings. The average molecular weight is 453 g/mol. The predicted molar refractivity (Wildman–Crippen MR) is 129 cm³/mol. The lowest BCUT2D eigenvalue weighted by Gasteiger charge is -2.29. The Morgan fingerprint density at radius 1 is 1.03 bits per heavy atom. The number of rotatable bonds is 10. The monoisotopic (exact) mass is 452 g/mol. The number of hydrogen-bond donors (Lipinski definition) is 1. The van der Waals surface area contributed by atoms with Gasteiger partial charge in [0.15, 0.2) is 6.61 Å². The molecule has 0 saturated carbocycles. The van der Waals surface area contributed by atoms with Crippen LogP contribution in [-0.4, -0.2) is 35.9 Å². The summed E-state index contributed by atoms with van der Waals surface area (Å²) in [6.45, 7) is 4.42. The van der Waals surface area contributed by atoms with Gasteiger partial charge < -0.3 is 15.0 Å². The quantitative estimate of drug-likeness (QED) is 0.430. The summed E-state index contributed by atoms with van der Waals surface area (Å²) < 4.78 is 5.90. The number of ether oxygens (including phenoxy) is 1. The number of fused-ring (bicyclic) bond motifs is 1. The Morgan fingerprint density at radius 2 is 1.75 bits per heavy atom. The van der Waals surface area contributed by atoms with Crippen LogP contribution in [0.15, 0.2) is 66.7 Å². The molecule has 0 unspecified atom stereocenters. The van der Waals surface area contributed by atoms with Crippen molar-refractivity contribution in [1.82, 2.24) is 10.2 Å². The van der Waals surface area contributed by atoms with E-state index in [9.17, 15) is 9.59 Å². The topological polar surface area (TPSA) is 58.6 Å². The van der Waals surface area contributed by atoms with E-state index in [0.29, 0.717) is 17.3 Å². The van der Waals surface area contributed by atoms with Crippen molar-refractivity contribution in [2.45, 2.75) is 39.3 Å². The number of carbonyl (C=O) groups excluding carboxylic acids is 2. The zero-order chi connectivity index (χ0) is 22.9. The van der Waals surface area contributed by atoms with Crippen molar-refractivity contribution in [2.24, 2.45) is 0 Å². The maximum atomic E-state index is 13.2. The van der Waals surface area contributed by atoms with Crippen LogP contribution in [0.4, 0.5) is 0 Å². The van der Waals surface area contributed by atoms with Crippen molar-refractivity contribution in [3.63, 3.8) is 0 Å². The number of halogens is 1. The van der Waals surface area contributed by atoms with Gasteiger partial charge in [0.05, 0.1) is 0 Å². The van der Waals surface area contributed by atoms with Crippen molar-refractivity contribution >= 4 is 34.2 Å². The molecule has 3 aromatic carbocycles. The minimum absolute atomic E-state index is 0.176. The number of nitrogens with zero attached hydrogens (tertiary/aromatic N) is 1. The first-order valence-corrected chi connectivity index (χ1v) is 11.3. The first kappa shape index (κ1) is 23.6. The standard InChI is InChI=1S/C26H29ClN2O3/c1-3-4-16-28-26(31)19(2)29(17-21-11-6-8-14-23(21)27)25(30)18-32-24-15-9-12-20-10-5-7-13-22(20)24/h5-15,19H,3-4,16-18H2,1-2H3,(H,28,31)/t19-/m1/s1. The fraction of sp³-hybridized carbons (Fsp3) is 0.308. The minimum atomic E-state index is -0.660. The molecule has 0 bridgehead atoms. The van der Waals surface area contributed by atoms with Crippen LogP contribution in [0.3, 0.4) is 0 Å². The molecule has 0 aromatic heterocycles. The molecule has 1 atom stereocenters. The van der Waals surface area contributed by atoms with Gasteiger partial charge in [-0.15, -0.1) is 0 Å². The highest BCUT2D eigenvalue weighted by molar-refractivity contribution is 6.31. The van der Waals surface area contributed by atoms with Crippen molar-refractivity contribution in [1.29, 1.82) is 0 Å². The summed E-state index contributed by atoms with van der Waals surface area (Å²) in [5.41, 5.74) is 0.779. The van der Waals surface area contributed by atoms with Crippen LogP contribution < -0.4 is 10.1 Å². The van der Waals surface area contributed by atoms with E-state index < -0.39 is 6.04 Å². The van der Waals surface area contributed by atoms with Crippen LogP contribution in [0.5, 0.6) is 5.75 Å². The van der Waals surface area contributed by atoms with Gasteiger partial charge in [-0.25, -0.2) is 0 Å². The minimum Gasteiger partial charge on any atom is -0.483 e. The van der Waals surface area contributed by atoms with E-state index in [1.54, 1.807) is 13.0 Å². The fourth-order valence-corrected chi connectivity index (χ4v) is 3.67. The largest absolute Gasteiger partial charge is 0.483 e. The SMILES string of the molecule is CCCCNC(=O)[C@@H](C)N(Cc1ccccc1Cl)C(=O)COc1cccc2ccccc12. The van der Waals surface area contributed by atoms with Crippen LogP contribution in [0.1, 0.15) is 32.3 Å². The second kappa shape index (κ2) is 11.5. The van der Waals surface area contributed by atoms with E-state index in [2.05, 4.69) is 12.2 Å². The molecule has 1 N–H and O–H groups in total. The Morgan fingerprint density at radius 3 is 2.53 bits per heavy atom. The lowest BCUT2D eigenvalue weighted by atomic mass is 10.1. The maximum Gasteiger partial charge on any atom is 0.261 e. The number of unbranched alkanes of at least 4 members (excludes halogenated alkanes) is 1. The summed E-state index contributed by atoms with van der Waals surface area (Å²) in [6, 6.07) is 20.3. The summed E-state index contributed by atoms with van der Waals surface area (Å²) in [5, 5.41) is 5.44. The van der Waals surface area contributed by atoms with Gasteiger partial charge >= 0.3 is 0 Å². The Hall–Kier alpha value is -3.05. The maximum absolute atomic E-state index is 13.2. The first-order valence-electron chi connectivity index (χ1n) is 10.9. The molecule has 2 amide bonds. The van der Waals surface area contributed by atoms with Crippen molar-refractivity contribution in [2.75, 3.05) is 13.2 Å². The smallest absolute Gasteiger partial charge is 0.261 e. The molecule has 0 radical (unpaired) electrons. The van der Waals surface area contributed by atoms with Crippen molar-refractivity contribution in [3.05, 3.63) is 77.3 Å². The number of amides is 2. The van der Waals surface area contributed by atoms with Crippen molar-refractivity contribution < 1.29 is 14.3 Å². The van der Waals surface area contributed by atoms with Gasteiger partial charge in [0.25, 0.3) is 5.91 Å². The molecular formula is C26H29ClN2O3. The molecule has 168 valence electrons. The van der Waals surface area contributed by atoms with Crippen molar-refractivity contribution in [3.8, 4) is 5.75 Å². The summed E-state index contributed by atoms with van der Waals surface area (Å²) in [4.78, 5) is 27.5. The third kappa shape index (κ3) is 6.01. The predicted octanol–water partition coefficient (Wildman–Crippen LogP) is 5.21. The molecule has 32 heavy (non-hydrogen) atoms. The van der Waals surface area contributed by atoms with Gasteiger partial charge in [0, 0.05) is 23.5 Å². The van der Waals surface area contributed by atoms with E-state index in [-0.39, 0.29) is 25.0 Å². The third-order valence-electron chi connectivity index (χ3n) is 5.40. The van der Waals surface area contributed by atoms with E-state index in [1.165, 1.54) is 4.90 Å². The van der Waals surface area contributed by atoms with Crippen LogP contribution in [-0.2, 0) is 16.1 Å². The highest BCUT2D eigenvalue weighted by atomic mass is 35.5. The van der Waals surface area contributed by atoms with Gasteiger partial charge in [0.1, 0.15) is 11.8 Å². The molecule has 0 aliphatic carbocycles. The van der Waals surface area contributed by atoms with Gasteiger partial charge in [-0.05, 0) is 36.4 Å². The number of carbonyl (C=O) groups is 2. The summed E-state index contributed by atoms with van der Waals surface area (Å²) >= 11 is 6.33. The number of benzene rings is 3. The van der Waals surface area contributed by atoms with E-state index in [4.69, 9.17) is 16.3 Å². The van der Waals surface area contributed by atoms with E-state index in [1.807, 2.05) is 60.7 Å². The molecule has 0 saturated heterocycles. The van der Waals surface area contributed by atoms with Crippen LogP contribution in [0.25, 0.3) is 10.8 Å².